The maximum atomic E-state index is 13.7. The van der Waals surface area contributed by atoms with Crippen molar-refractivity contribution in [3.05, 3.63) is 116 Å². The van der Waals surface area contributed by atoms with E-state index < -0.39 is 17.8 Å². The molecule has 0 fully saturated rings. The number of fused-ring (bicyclic) bond motifs is 1. The first kappa shape index (κ1) is 29.5. The van der Waals surface area contributed by atoms with E-state index in [1.165, 1.54) is 18.2 Å². The van der Waals surface area contributed by atoms with Crippen LogP contribution in [0.15, 0.2) is 78.9 Å². The van der Waals surface area contributed by atoms with Gasteiger partial charge in [-0.25, -0.2) is 4.39 Å². The zero-order valence-corrected chi connectivity index (χ0v) is 24.1. The number of carboxylic acids is 1. The quantitative estimate of drug-likeness (QED) is 0.188. The molecule has 1 aliphatic rings. The summed E-state index contributed by atoms with van der Waals surface area (Å²) in [6, 6.07) is 20.1. The first-order chi connectivity index (χ1) is 20.2. The third-order valence-corrected chi connectivity index (χ3v) is 7.59. The highest BCUT2D eigenvalue weighted by Crippen LogP contribution is 2.42. The number of hydrogen-bond donors (Lipinski definition) is 1. The average molecular weight is 631 g/mol. The molecule has 42 heavy (non-hydrogen) atoms. The average Bonchev–Trinajstić information content (AvgIpc) is 2.97. The fourth-order valence-corrected chi connectivity index (χ4v) is 4.93. The van der Waals surface area contributed by atoms with Crippen LogP contribution in [0.5, 0.6) is 23.0 Å². The molecule has 1 unspecified atom stereocenters. The number of nitrogens with zero attached hydrogens (tertiary/aromatic N) is 1. The summed E-state index contributed by atoms with van der Waals surface area (Å²) in [5.74, 6) is -1.13. The molecule has 0 spiro atoms. The molecule has 4 aromatic rings. The Morgan fingerprint density at radius 3 is 2.40 bits per heavy atom. The van der Waals surface area contributed by atoms with Crippen molar-refractivity contribution in [3.63, 3.8) is 0 Å². The van der Waals surface area contributed by atoms with Gasteiger partial charge in [0.25, 0.3) is 5.91 Å². The molecule has 5 rings (SSSR count). The van der Waals surface area contributed by atoms with Crippen LogP contribution < -0.4 is 14.3 Å². The van der Waals surface area contributed by atoms with Gasteiger partial charge in [0.05, 0.1) is 34.1 Å². The molecule has 0 radical (unpaired) electrons. The van der Waals surface area contributed by atoms with Gasteiger partial charge in [-0.05, 0) is 73.0 Å². The lowest BCUT2D eigenvalue weighted by Crippen LogP contribution is -2.36. The minimum atomic E-state index is -0.947. The first-order valence-corrected chi connectivity index (χ1v) is 14.0. The molecular weight excluding hydrogens is 608 g/mol. The summed E-state index contributed by atoms with van der Waals surface area (Å²) in [4.78, 5) is 31.0. The molecule has 0 aliphatic carbocycles. The molecule has 1 N–H and O–H groups in total. The minimum Gasteiger partial charge on any atom is -0.493 e. The molecule has 7 nitrogen and oxygen atoms in total. The number of rotatable bonds is 9. The number of halogens is 4. The highest BCUT2D eigenvalue weighted by Gasteiger charge is 2.29. The molecule has 1 amide bonds. The molecule has 0 saturated heterocycles. The summed E-state index contributed by atoms with van der Waals surface area (Å²) in [5.41, 5.74) is 1.48. The Morgan fingerprint density at radius 2 is 1.69 bits per heavy atom. The number of amides is 1. The maximum absolute atomic E-state index is 13.7. The van der Waals surface area contributed by atoms with Gasteiger partial charge in [-0.2, -0.15) is 5.06 Å². The molecule has 216 valence electrons. The van der Waals surface area contributed by atoms with E-state index in [-0.39, 0.29) is 34.8 Å². The van der Waals surface area contributed by atoms with Crippen molar-refractivity contribution in [2.45, 2.75) is 18.8 Å². The summed E-state index contributed by atoms with van der Waals surface area (Å²) < 4.78 is 25.3. The van der Waals surface area contributed by atoms with Crippen LogP contribution in [0.3, 0.4) is 0 Å². The first-order valence-electron chi connectivity index (χ1n) is 12.8. The molecular formula is C31H23Cl3FNO6. The second-order valence-corrected chi connectivity index (χ2v) is 10.7. The van der Waals surface area contributed by atoms with Crippen molar-refractivity contribution < 1.29 is 33.4 Å². The van der Waals surface area contributed by atoms with E-state index >= 15 is 0 Å². The molecule has 0 aromatic heterocycles. The fraction of sp³-hybridized carbons (Fsp3) is 0.161. The predicted octanol–water partition coefficient (Wildman–Crippen LogP) is 8.21. The third kappa shape index (κ3) is 6.90. The van der Waals surface area contributed by atoms with E-state index in [0.717, 1.165) is 5.06 Å². The Morgan fingerprint density at radius 1 is 0.929 bits per heavy atom. The van der Waals surface area contributed by atoms with Crippen molar-refractivity contribution >= 4 is 46.7 Å². The summed E-state index contributed by atoms with van der Waals surface area (Å²) >= 11 is 18.5. The summed E-state index contributed by atoms with van der Waals surface area (Å²) in [7, 11) is 0. The van der Waals surface area contributed by atoms with Crippen LogP contribution in [0.25, 0.3) is 0 Å². The monoisotopic (exact) mass is 629 g/mol. The Balaban J connectivity index is 1.34. The van der Waals surface area contributed by atoms with Gasteiger partial charge >= 0.3 is 5.97 Å². The van der Waals surface area contributed by atoms with E-state index in [1.54, 1.807) is 60.7 Å². The lowest BCUT2D eigenvalue weighted by atomic mass is 9.93. The van der Waals surface area contributed by atoms with Gasteiger partial charge in [0.1, 0.15) is 23.1 Å². The summed E-state index contributed by atoms with van der Waals surface area (Å²) in [6.07, 6.45) is 0.677. The van der Waals surface area contributed by atoms with Crippen LogP contribution in [-0.2, 0) is 11.2 Å². The lowest BCUT2D eigenvalue weighted by molar-refractivity contribution is -0.139. The zero-order chi connectivity index (χ0) is 29.8. The number of hydrogen-bond acceptors (Lipinski definition) is 5. The highest BCUT2D eigenvalue weighted by molar-refractivity contribution is 6.42. The second kappa shape index (κ2) is 12.9. The van der Waals surface area contributed by atoms with E-state index in [4.69, 9.17) is 49.1 Å². The van der Waals surface area contributed by atoms with Crippen LogP contribution in [0.1, 0.15) is 33.8 Å². The van der Waals surface area contributed by atoms with Gasteiger partial charge in [-0.15, -0.1) is 0 Å². The van der Waals surface area contributed by atoms with Gasteiger partial charge in [-0.1, -0.05) is 46.9 Å². The second-order valence-electron chi connectivity index (χ2n) is 9.43. The van der Waals surface area contributed by atoms with E-state index in [0.29, 0.717) is 51.8 Å². The number of aliphatic carboxylic acids is 1. The Kier molecular flexibility index (Phi) is 9.06. The highest BCUT2D eigenvalue weighted by atomic mass is 35.5. The molecule has 4 aromatic carbocycles. The van der Waals surface area contributed by atoms with Crippen molar-refractivity contribution in [3.8, 4) is 23.0 Å². The zero-order valence-electron chi connectivity index (χ0n) is 21.9. The molecule has 0 saturated carbocycles. The predicted molar refractivity (Wildman–Crippen MR) is 157 cm³/mol. The third-order valence-electron chi connectivity index (χ3n) is 6.56. The molecule has 0 bridgehead atoms. The van der Waals surface area contributed by atoms with Crippen molar-refractivity contribution in [1.82, 2.24) is 5.06 Å². The van der Waals surface area contributed by atoms with Crippen molar-refractivity contribution in [2.24, 2.45) is 0 Å². The number of carbonyl (C=O) groups excluding carboxylic acids is 1. The van der Waals surface area contributed by atoms with Gasteiger partial charge in [0.15, 0.2) is 5.75 Å². The van der Waals surface area contributed by atoms with Crippen LogP contribution in [0.4, 0.5) is 4.39 Å². The van der Waals surface area contributed by atoms with Crippen LogP contribution in [0.2, 0.25) is 15.1 Å². The lowest BCUT2D eigenvalue weighted by Gasteiger charge is -2.24. The van der Waals surface area contributed by atoms with Crippen LogP contribution >= 0.6 is 34.8 Å². The van der Waals surface area contributed by atoms with E-state index in [9.17, 15) is 19.1 Å². The van der Waals surface area contributed by atoms with Gasteiger partial charge in [-0.3, -0.25) is 9.59 Å². The normalized spacial score (nSPS) is 14.0. The van der Waals surface area contributed by atoms with Crippen molar-refractivity contribution in [2.75, 3.05) is 13.2 Å². The van der Waals surface area contributed by atoms with E-state index in [1.807, 2.05) is 0 Å². The molecule has 1 aliphatic heterocycles. The van der Waals surface area contributed by atoms with Crippen molar-refractivity contribution in [1.29, 1.82) is 0 Å². The topological polar surface area (TPSA) is 85.3 Å². The molecule has 11 heteroatoms. The van der Waals surface area contributed by atoms with Gasteiger partial charge < -0.3 is 19.4 Å². The molecule has 1 heterocycles. The largest absolute Gasteiger partial charge is 0.493 e. The Bertz CT molecular complexity index is 1630. The Labute approximate surface area is 255 Å². The van der Waals surface area contributed by atoms with Gasteiger partial charge in [0, 0.05) is 23.3 Å². The number of benzene rings is 4. The number of ether oxygens (including phenoxy) is 2. The van der Waals surface area contributed by atoms with Crippen LogP contribution in [-0.4, -0.2) is 35.2 Å². The number of hydroxylamine groups is 2. The summed E-state index contributed by atoms with van der Waals surface area (Å²) in [5, 5.41) is 11.5. The number of carbonyl (C=O) groups is 2. The smallest absolute Gasteiger partial charge is 0.311 e. The van der Waals surface area contributed by atoms with Gasteiger partial charge in [0.2, 0.25) is 0 Å². The SMILES string of the molecule is O=C(O)C1CCOc2cc(Oc3ccc(C(=O)N(CCc4cccc(F)c4)Oc4ccc(Cl)c(Cl)c4)cc3)c(Cl)cc21. The minimum absolute atomic E-state index is 0.114. The molecule has 1 atom stereocenters. The van der Waals surface area contributed by atoms with E-state index in [2.05, 4.69) is 0 Å². The standard InChI is InChI=1S/C31H23Cl3FNO6/c32-25-9-8-22(15-26(25)33)42-36(12-10-18-2-1-3-20(35)14-18)30(37)19-4-6-21(7-5-19)41-29-17-28-24(16-27(29)34)23(31(38)39)11-13-40-28/h1-9,14-17,23H,10-13H2,(H,38,39). The van der Waals surface area contributed by atoms with Crippen LogP contribution in [0, 0.1) is 5.82 Å². The summed E-state index contributed by atoms with van der Waals surface area (Å²) in [6.45, 7) is 0.380. The Hall–Kier alpha value is -3.98. The maximum Gasteiger partial charge on any atom is 0.311 e. The fourth-order valence-electron chi connectivity index (χ4n) is 4.43. The number of carboxylic acid groups (broad SMARTS) is 1.